The van der Waals surface area contributed by atoms with E-state index in [2.05, 4.69) is 6.92 Å². The van der Waals surface area contributed by atoms with Gasteiger partial charge in [0, 0.05) is 45.5 Å². The monoisotopic (exact) mass is 478 g/mol. The molecule has 6 nitrogen and oxygen atoms in total. The lowest BCUT2D eigenvalue weighted by atomic mass is 10.1. The molecule has 9 heteroatoms. The maximum atomic E-state index is 6.39. The molecule has 1 rings (SSSR count). The van der Waals surface area contributed by atoms with Gasteiger partial charge in [-0.1, -0.05) is 24.3 Å². The van der Waals surface area contributed by atoms with Gasteiger partial charge < -0.3 is 26.6 Å². The molecular weight excluding hydrogens is 440 g/mol. The van der Waals surface area contributed by atoms with Gasteiger partial charge in [0.1, 0.15) is 4.66 Å². The third kappa shape index (κ3) is 5.54. The first-order valence-corrected chi connectivity index (χ1v) is 14.9. The standard InChI is InChI=1S/C21H39ClO6Si2/c1-8-23-29(24-9-2,25-10-3)21(7,20-16-14-19(18-22)15-17-20)30(26-11-4,27-12-5)28-13-6/h14-17H,8-13,18H2,1-7H3. The van der Waals surface area contributed by atoms with Crippen molar-refractivity contribution in [3.05, 3.63) is 35.4 Å². The van der Waals surface area contributed by atoms with Gasteiger partial charge in [-0.2, -0.15) is 0 Å². The van der Waals surface area contributed by atoms with Crippen LogP contribution in [0, 0.1) is 0 Å². The Hall–Kier alpha value is -0.296. The highest BCUT2D eigenvalue weighted by Crippen LogP contribution is 2.45. The summed E-state index contributed by atoms with van der Waals surface area (Å²) in [5, 5.41) is 0. The van der Waals surface area contributed by atoms with Crippen LogP contribution in [0.3, 0.4) is 0 Å². The lowest BCUT2D eigenvalue weighted by Crippen LogP contribution is -2.76. The smallest absolute Gasteiger partial charge is 0.373 e. The second-order valence-electron chi connectivity index (χ2n) is 6.67. The van der Waals surface area contributed by atoms with E-state index in [0.717, 1.165) is 11.1 Å². The Morgan fingerprint density at radius 3 is 1.17 bits per heavy atom. The van der Waals surface area contributed by atoms with E-state index in [4.69, 9.17) is 38.2 Å². The van der Waals surface area contributed by atoms with Crippen molar-refractivity contribution < 1.29 is 26.6 Å². The van der Waals surface area contributed by atoms with Crippen molar-refractivity contribution in [2.24, 2.45) is 0 Å². The molecule has 0 heterocycles. The molecule has 0 saturated carbocycles. The minimum absolute atomic E-state index is 0.437. The molecule has 0 aromatic heterocycles. The topological polar surface area (TPSA) is 55.4 Å². The predicted octanol–water partition coefficient (Wildman–Crippen LogP) is 4.86. The normalized spacial score (nSPS) is 13.1. The van der Waals surface area contributed by atoms with Gasteiger partial charge >= 0.3 is 17.6 Å². The minimum atomic E-state index is -3.41. The van der Waals surface area contributed by atoms with Gasteiger partial charge in [0.05, 0.1) is 0 Å². The Bertz CT molecular complexity index is 542. The number of alkyl halides is 1. The third-order valence-corrected chi connectivity index (χ3v) is 14.1. The second kappa shape index (κ2) is 13.3. The maximum absolute atomic E-state index is 6.39. The summed E-state index contributed by atoms with van der Waals surface area (Å²) in [7, 11) is -6.82. The highest BCUT2D eigenvalue weighted by Gasteiger charge is 2.75. The molecule has 0 N–H and O–H groups in total. The molecule has 0 unspecified atom stereocenters. The fourth-order valence-electron chi connectivity index (χ4n) is 3.72. The van der Waals surface area contributed by atoms with Gasteiger partial charge in [0.15, 0.2) is 0 Å². The first-order chi connectivity index (χ1) is 14.4. The Labute approximate surface area is 189 Å². The minimum Gasteiger partial charge on any atom is -0.373 e. The number of hydrogen-bond donors (Lipinski definition) is 0. The fourth-order valence-corrected chi connectivity index (χ4v) is 12.3. The summed E-state index contributed by atoms with van der Waals surface area (Å²) >= 11 is 6.04. The second-order valence-corrected chi connectivity index (χ2v) is 13.4. The predicted molar refractivity (Wildman–Crippen MR) is 125 cm³/mol. The lowest BCUT2D eigenvalue weighted by Gasteiger charge is -2.49. The van der Waals surface area contributed by atoms with E-state index >= 15 is 0 Å². The van der Waals surface area contributed by atoms with Crippen LogP contribution >= 0.6 is 11.6 Å². The van der Waals surface area contributed by atoms with Crippen molar-refractivity contribution in [2.45, 2.75) is 59.0 Å². The Morgan fingerprint density at radius 2 is 0.933 bits per heavy atom. The first kappa shape index (κ1) is 27.7. The third-order valence-electron chi connectivity index (χ3n) is 4.92. The van der Waals surface area contributed by atoms with Gasteiger partial charge in [0.25, 0.3) is 0 Å². The molecule has 1 aromatic carbocycles. The average molecular weight is 479 g/mol. The number of halogens is 1. The van der Waals surface area contributed by atoms with Crippen molar-refractivity contribution in [3.63, 3.8) is 0 Å². The summed E-state index contributed by atoms with van der Waals surface area (Å²) in [5.41, 5.74) is 1.97. The van der Waals surface area contributed by atoms with Gasteiger partial charge in [0.2, 0.25) is 0 Å². The number of hydrogen-bond acceptors (Lipinski definition) is 6. The molecule has 0 saturated heterocycles. The van der Waals surface area contributed by atoms with Crippen LogP contribution < -0.4 is 0 Å². The zero-order chi connectivity index (χ0) is 22.7. The molecule has 174 valence electrons. The van der Waals surface area contributed by atoms with E-state index in [0.29, 0.717) is 45.5 Å². The first-order valence-electron chi connectivity index (χ1n) is 10.9. The molecule has 0 aliphatic carbocycles. The molecule has 0 atom stereocenters. The lowest BCUT2D eigenvalue weighted by molar-refractivity contribution is 0.0148. The summed E-state index contributed by atoms with van der Waals surface area (Å²) in [5.74, 6) is 0.437. The van der Waals surface area contributed by atoms with E-state index in [1.807, 2.05) is 65.8 Å². The quantitative estimate of drug-likeness (QED) is 0.250. The zero-order valence-corrected chi connectivity index (χ0v) is 22.3. The van der Waals surface area contributed by atoms with E-state index in [9.17, 15) is 0 Å². The van der Waals surface area contributed by atoms with Crippen LogP contribution in [0.15, 0.2) is 24.3 Å². The van der Waals surface area contributed by atoms with Crippen LogP contribution in [0.4, 0.5) is 0 Å². The van der Waals surface area contributed by atoms with Crippen molar-refractivity contribution in [2.75, 3.05) is 39.6 Å². The van der Waals surface area contributed by atoms with E-state index < -0.39 is 22.3 Å². The van der Waals surface area contributed by atoms with Crippen molar-refractivity contribution in [1.82, 2.24) is 0 Å². The number of rotatable bonds is 16. The summed E-state index contributed by atoms with van der Waals surface area (Å²) in [6.45, 7) is 16.4. The van der Waals surface area contributed by atoms with E-state index in [1.54, 1.807) is 0 Å². The molecule has 0 radical (unpaired) electrons. The molecular formula is C21H39ClO6Si2. The molecule has 0 aliphatic heterocycles. The summed E-state index contributed by atoms with van der Waals surface area (Å²) < 4.78 is 37.5. The Balaban J connectivity index is 3.93. The summed E-state index contributed by atoms with van der Waals surface area (Å²) in [6, 6.07) is 8.09. The summed E-state index contributed by atoms with van der Waals surface area (Å²) in [6.07, 6.45) is 0. The fraction of sp³-hybridized carbons (Fsp3) is 0.714. The largest absolute Gasteiger partial charge is 0.516 e. The van der Waals surface area contributed by atoms with Crippen LogP contribution in [-0.4, -0.2) is 57.3 Å². The Kier molecular flexibility index (Phi) is 12.3. The van der Waals surface area contributed by atoms with Gasteiger partial charge in [-0.25, -0.2) is 0 Å². The van der Waals surface area contributed by atoms with Crippen molar-refractivity contribution >= 4 is 29.2 Å². The number of benzene rings is 1. The highest BCUT2D eigenvalue weighted by atomic mass is 35.5. The maximum Gasteiger partial charge on any atom is 0.516 e. The van der Waals surface area contributed by atoms with Gasteiger partial charge in [-0.3, -0.25) is 0 Å². The molecule has 0 fully saturated rings. The van der Waals surface area contributed by atoms with Crippen molar-refractivity contribution in [3.8, 4) is 0 Å². The van der Waals surface area contributed by atoms with E-state index in [1.165, 1.54) is 0 Å². The molecule has 1 aromatic rings. The van der Waals surface area contributed by atoms with Crippen LogP contribution in [0.5, 0.6) is 0 Å². The molecule has 0 amide bonds. The Morgan fingerprint density at radius 1 is 0.633 bits per heavy atom. The average Bonchev–Trinajstić information content (AvgIpc) is 2.74. The molecule has 30 heavy (non-hydrogen) atoms. The molecule has 0 spiro atoms. The van der Waals surface area contributed by atoms with Crippen LogP contribution in [0.25, 0.3) is 0 Å². The van der Waals surface area contributed by atoms with E-state index in [-0.39, 0.29) is 0 Å². The SMILES string of the molecule is CCO[Si](OCC)(OCC)C(C)(c1ccc(CCl)cc1)[Si](OCC)(OCC)OCC. The molecule has 0 bridgehead atoms. The van der Waals surface area contributed by atoms with Crippen LogP contribution in [0.2, 0.25) is 0 Å². The summed E-state index contributed by atoms with van der Waals surface area (Å²) in [4.78, 5) is 0. The van der Waals surface area contributed by atoms with Gasteiger partial charge in [-0.05, 0) is 59.6 Å². The zero-order valence-electron chi connectivity index (χ0n) is 19.6. The van der Waals surface area contributed by atoms with Crippen molar-refractivity contribution in [1.29, 1.82) is 0 Å². The van der Waals surface area contributed by atoms with Crippen LogP contribution in [-0.2, 0) is 37.1 Å². The van der Waals surface area contributed by atoms with Gasteiger partial charge in [-0.15, -0.1) is 11.6 Å². The molecule has 0 aliphatic rings. The van der Waals surface area contributed by atoms with Crippen LogP contribution in [0.1, 0.15) is 59.6 Å². The highest BCUT2D eigenvalue weighted by molar-refractivity contribution is 6.85.